The number of rotatable bonds is 49. The molecule has 0 aromatic rings. The molecular weight excluding hydrogens is 967 g/mol. The summed E-state index contributed by atoms with van der Waals surface area (Å²) in [7, 11) is 0. The summed E-state index contributed by atoms with van der Waals surface area (Å²) in [5.74, 6) is -0.246. The van der Waals surface area contributed by atoms with Crippen LogP contribution in [0.15, 0.2) is 48.6 Å². The molecule has 2 heterocycles. The van der Waals surface area contributed by atoms with E-state index >= 15 is 0 Å². The second-order valence-electron chi connectivity index (χ2n) is 21.8. The van der Waals surface area contributed by atoms with Crippen LogP contribution >= 0.6 is 0 Å². The van der Waals surface area contributed by atoms with Crippen molar-refractivity contribution in [2.45, 2.75) is 319 Å². The number of unbranched alkanes of at least 4 members (excludes halogenated alkanes) is 30. The van der Waals surface area contributed by atoms with Gasteiger partial charge in [-0.1, -0.05) is 229 Å². The topological polar surface area (TPSA) is 228 Å². The molecule has 12 unspecified atom stereocenters. The SMILES string of the molecule is CCCCCCC/C=C\C/C=C\C/C=C\CCCCCCCCCCC(=O)NC(COC1OC(CO)C(OC2OC(CO)C(O)C(O)C2O)C(O)C1O)C(O)/C=C/CCCCCCCCCCCCCCCCCCC. The predicted octanol–water partition coefficient (Wildman–Crippen LogP) is 10.8. The highest BCUT2D eigenvalue weighted by Gasteiger charge is 2.51. The van der Waals surface area contributed by atoms with Gasteiger partial charge in [-0.2, -0.15) is 0 Å². The lowest BCUT2D eigenvalue weighted by Gasteiger charge is -2.46. The fourth-order valence-electron chi connectivity index (χ4n) is 10.0. The number of hydrogen-bond acceptors (Lipinski definition) is 13. The normalized spacial score (nSPS) is 25.2. The first-order valence-corrected chi connectivity index (χ1v) is 30.9. The van der Waals surface area contributed by atoms with Gasteiger partial charge in [0, 0.05) is 6.42 Å². The summed E-state index contributed by atoms with van der Waals surface area (Å²) in [6.45, 7) is 2.80. The van der Waals surface area contributed by atoms with Crippen molar-refractivity contribution in [2.24, 2.45) is 0 Å². The molecule has 2 rings (SSSR count). The largest absolute Gasteiger partial charge is 0.394 e. The second-order valence-corrected chi connectivity index (χ2v) is 21.8. The predicted molar refractivity (Wildman–Crippen MR) is 304 cm³/mol. The second kappa shape index (κ2) is 47.7. The van der Waals surface area contributed by atoms with E-state index in [0.717, 1.165) is 57.8 Å². The minimum Gasteiger partial charge on any atom is -0.394 e. The van der Waals surface area contributed by atoms with Gasteiger partial charge in [-0.05, 0) is 57.8 Å². The van der Waals surface area contributed by atoms with Crippen LogP contribution in [0.1, 0.15) is 245 Å². The lowest BCUT2D eigenvalue weighted by atomic mass is 9.97. The Bertz CT molecular complexity index is 1460. The maximum Gasteiger partial charge on any atom is 0.220 e. The average Bonchev–Trinajstić information content (AvgIpc) is 3.42. The van der Waals surface area contributed by atoms with E-state index < -0.39 is 86.8 Å². The summed E-state index contributed by atoms with van der Waals surface area (Å²) in [5.41, 5.74) is 0. The number of amides is 1. The van der Waals surface area contributed by atoms with E-state index in [1.54, 1.807) is 6.08 Å². The van der Waals surface area contributed by atoms with Crippen LogP contribution < -0.4 is 5.32 Å². The van der Waals surface area contributed by atoms with Gasteiger partial charge in [0.2, 0.25) is 5.91 Å². The minimum atomic E-state index is -1.79. The van der Waals surface area contributed by atoms with Crippen molar-refractivity contribution in [3.05, 3.63) is 48.6 Å². The number of ether oxygens (including phenoxy) is 4. The zero-order chi connectivity index (χ0) is 55.3. The summed E-state index contributed by atoms with van der Waals surface area (Å²) in [6, 6.07) is -0.920. The zero-order valence-electron chi connectivity index (χ0n) is 47.7. The van der Waals surface area contributed by atoms with Crippen LogP contribution in [0.2, 0.25) is 0 Å². The third kappa shape index (κ3) is 32.9. The van der Waals surface area contributed by atoms with Gasteiger partial charge in [-0.15, -0.1) is 0 Å². The van der Waals surface area contributed by atoms with Crippen molar-refractivity contribution < 1.29 is 64.6 Å². The van der Waals surface area contributed by atoms with Gasteiger partial charge in [0.1, 0.15) is 48.8 Å². The Morgan fingerprint density at radius 1 is 0.474 bits per heavy atom. The molecule has 12 atom stereocenters. The van der Waals surface area contributed by atoms with Gasteiger partial charge >= 0.3 is 0 Å². The van der Waals surface area contributed by atoms with Crippen LogP contribution in [-0.2, 0) is 23.7 Å². The lowest BCUT2D eigenvalue weighted by Crippen LogP contribution is -2.65. The smallest absolute Gasteiger partial charge is 0.220 e. The van der Waals surface area contributed by atoms with Gasteiger partial charge in [0.05, 0.1) is 32.0 Å². The van der Waals surface area contributed by atoms with Crippen LogP contribution in [0.5, 0.6) is 0 Å². The molecule has 14 nitrogen and oxygen atoms in total. The van der Waals surface area contributed by atoms with E-state index in [4.69, 9.17) is 18.9 Å². The van der Waals surface area contributed by atoms with Gasteiger partial charge < -0.3 is 65.1 Å². The van der Waals surface area contributed by atoms with Crippen molar-refractivity contribution in [1.82, 2.24) is 5.32 Å². The van der Waals surface area contributed by atoms with Crippen LogP contribution in [0, 0.1) is 0 Å². The molecule has 2 aliphatic rings. The molecular formula is C62H113NO13. The number of nitrogens with one attached hydrogen (secondary N) is 1. The fraction of sp³-hybridized carbons (Fsp3) is 0.855. The first-order chi connectivity index (χ1) is 37.1. The Kier molecular flexibility index (Phi) is 44.0. The first-order valence-electron chi connectivity index (χ1n) is 30.9. The number of aliphatic hydroxyl groups excluding tert-OH is 8. The number of allylic oxidation sites excluding steroid dienone is 7. The summed E-state index contributed by atoms with van der Waals surface area (Å²) >= 11 is 0. The molecule has 2 saturated heterocycles. The number of hydrogen-bond donors (Lipinski definition) is 9. The molecule has 1 amide bonds. The van der Waals surface area contributed by atoms with E-state index in [9.17, 15) is 45.6 Å². The molecule has 0 saturated carbocycles. The van der Waals surface area contributed by atoms with E-state index in [-0.39, 0.29) is 18.9 Å². The van der Waals surface area contributed by atoms with Crippen molar-refractivity contribution in [2.75, 3.05) is 19.8 Å². The molecule has 0 radical (unpaired) electrons. The highest BCUT2D eigenvalue weighted by atomic mass is 16.7. The van der Waals surface area contributed by atoms with Crippen LogP contribution in [0.3, 0.4) is 0 Å². The van der Waals surface area contributed by atoms with Crippen LogP contribution in [0.4, 0.5) is 0 Å². The molecule has 0 aromatic heterocycles. The molecule has 0 bridgehead atoms. The van der Waals surface area contributed by atoms with Crippen LogP contribution in [-0.4, -0.2) is 140 Å². The molecule has 0 aromatic carbocycles. The Labute approximate surface area is 461 Å². The first kappa shape index (κ1) is 70.1. The molecule has 9 N–H and O–H groups in total. The maximum atomic E-state index is 13.3. The Balaban J connectivity index is 1.76. The molecule has 76 heavy (non-hydrogen) atoms. The number of carbonyl (C=O) groups excluding carboxylic acids is 1. The van der Waals surface area contributed by atoms with Gasteiger partial charge in [-0.3, -0.25) is 4.79 Å². The number of carbonyl (C=O) groups is 1. The van der Waals surface area contributed by atoms with Gasteiger partial charge in [0.15, 0.2) is 12.6 Å². The Morgan fingerprint density at radius 3 is 1.33 bits per heavy atom. The molecule has 0 aliphatic carbocycles. The van der Waals surface area contributed by atoms with E-state index in [2.05, 4.69) is 55.6 Å². The molecule has 2 fully saturated rings. The monoisotopic (exact) mass is 1080 g/mol. The van der Waals surface area contributed by atoms with E-state index in [0.29, 0.717) is 6.42 Å². The quantitative estimate of drug-likeness (QED) is 0.0204. The van der Waals surface area contributed by atoms with Crippen molar-refractivity contribution in [3.8, 4) is 0 Å². The van der Waals surface area contributed by atoms with E-state index in [1.807, 2.05) is 6.08 Å². The van der Waals surface area contributed by atoms with Crippen LogP contribution in [0.25, 0.3) is 0 Å². The highest BCUT2D eigenvalue weighted by Crippen LogP contribution is 2.30. The van der Waals surface area contributed by atoms with Gasteiger partial charge in [-0.25, -0.2) is 0 Å². The molecule has 0 spiro atoms. The third-order valence-corrected chi connectivity index (χ3v) is 15.0. The molecule has 2 aliphatic heterocycles. The summed E-state index contributed by atoms with van der Waals surface area (Å²) < 4.78 is 22.8. The fourth-order valence-corrected chi connectivity index (χ4v) is 10.0. The average molecular weight is 1080 g/mol. The van der Waals surface area contributed by atoms with Crippen molar-refractivity contribution in [1.29, 1.82) is 0 Å². The highest BCUT2D eigenvalue weighted by molar-refractivity contribution is 5.76. The minimum absolute atomic E-state index is 0.246. The van der Waals surface area contributed by atoms with Crippen molar-refractivity contribution in [3.63, 3.8) is 0 Å². The Hall–Kier alpha value is -2.05. The lowest BCUT2D eigenvalue weighted by molar-refractivity contribution is -0.359. The van der Waals surface area contributed by atoms with Gasteiger partial charge in [0.25, 0.3) is 0 Å². The molecule has 14 heteroatoms. The third-order valence-electron chi connectivity index (χ3n) is 15.0. The Morgan fingerprint density at radius 2 is 0.868 bits per heavy atom. The summed E-state index contributed by atoms with van der Waals surface area (Å²) in [4.78, 5) is 13.3. The zero-order valence-corrected chi connectivity index (χ0v) is 47.7. The molecule has 444 valence electrons. The standard InChI is InChI=1S/C62H113NO13/c1-3-5-7-9-11-13-15-17-19-21-23-24-25-26-28-30-32-34-36-38-40-42-44-46-54(67)63-50(51(66)45-43-41-39-37-35-33-31-29-27-22-20-18-16-14-12-10-8-6-4-2)49-73-61-59(72)57(70)60(53(48-65)75-61)76-62-58(71)56(69)55(68)52(47-64)74-62/h15,17,21,23,25-26,43,45,50-53,55-62,64-66,68-72H,3-14,16,18-20,22,24,27-42,44,46-49H2,1-2H3,(H,63,67)/b17-15-,23-21-,26-25-,45-43+. The maximum absolute atomic E-state index is 13.3. The summed E-state index contributed by atoms with van der Waals surface area (Å²) in [6.07, 6.45) is 42.8. The van der Waals surface area contributed by atoms with E-state index in [1.165, 1.54) is 161 Å². The number of aliphatic hydroxyl groups is 8. The summed E-state index contributed by atoms with van der Waals surface area (Å²) in [5, 5.41) is 87.2. The van der Waals surface area contributed by atoms with Crippen molar-refractivity contribution >= 4 is 5.91 Å².